The van der Waals surface area contributed by atoms with Gasteiger partial charge in [-0.2, -0.15) is 0 Å². The first-order valence-electron chi connectivity index (χ1n) is 6.18. The number of rotatable bonds is 2. The first-order valence-corrected chi connectivity index (χ1v) is 6.56. The molecule has 0 fully saturated rings. The maximum Gasteiger partial charge on any atom is 0.123 e. The van der Waals surface area contributed by atoms with Crippen molar-refractivity contribution in [1.82, 2.24) is 0 Å². The first kappa shape index (κ1) is 18.1. The fraction of sp³-hybridized carbons (Fsp3) is 0.200. The SMILES string of the molecule is Cl.Cl.NC1CN(Cc2ccccc2Cl)c2ccc(F)cc21. The standard InChI is InChI=1S/C15H14ClFN2.2ClH/c16-13-4-2-1-3-10(13)8-19-9-14(18)12-7-11(17)5-6-15(12)19;;/h1-7,14H,8-9,18H2;2*1H. The summed E-state index contributed by atoms with van der Waals surface area (Å²) in [5.74, 6) is -0.242. The monoisotopic (exact) mass is 348 g/mol. The molecule has 2 aromatic carbocycles. The predicted molar refractivity (Wildman–Crippen MR) is 90.3 cm³/mol. The number of halogens is 4. The van der Waals surface area contributed by atoms with Crippen LogP contribution in [0.1, 0.15) is 17.2 Å². The van der Waals surface area contributed by atoms with Gasteiger partial charge in [-0.3, -0.25) is 0 Å². The van der Waals surface area contributed by atoms with Crippen molar-refractivity contribution >= 4 is 42.1 Å². The quantitative estimate of drug-likeness (QED) is 0.873. The van der Waals surface area contributed by atoms with Gasteiger partial charge in [-0.1, -0.05) is 29.8 Å². The van der Waals surface area contributed by atoms with Crippen molar-refractivity contribution in [1.29, 1.82) is 0 Å². The van der Waals surface area contributed by atoms with Gasteiger partial charge in [-0.15, -0.1) is 24.8 Å². The molecule has 0 aliphatic carbocycles. The lowest BCUT2D eigenvalue weighted by atomic mass is 10.1. The van der Waals surface area contributed by atoms with E-state index in [1.165, 1.54) is 12.1 Å². The molecule has 2 N–H and O–H groups in total. The lowest BCUT2D eigenvalue weighted by molar-refractivity contribution is 0.624. The predicted octanol–water partition coefficient (Wildman–Crippen LogP) is 4.34. The summed E-state index contributed by atoms with van der Waals surface area (Å²) < 4.78 is 13.3. The summed E-state index contributed by atoms with van der Waals surface area (Å²) in [6.45, 7) is 1.37. The molecule has 1 atom stereocenters. The number of benzene rings is 2. The summed E-state index contributed by atoms with van der Waals surface area (Å²) in [5.41, 5.74) is 8.97. The van der Waals surface area contributed by atoms with Crippen molar-refractivity contribution in [3.05, 3.63) is 64.4 Å². The fourth-order valence-electron chi connectivity index (χ4n) is 2.53. The van der Waals surface area contributed by atoms with Crippen LogP contribution >= 0.6 is 36.4 Å². The van der Waals surface area contributed by atoms with Crippen molar-refractivity contribution in [3.63, 3.8) is 0 Å². The van der Waals surface area contributed by atoms with Crippen LogP contribution in [0.4, 0.5) is 10.1 Å². The number of fused-ring (bicyclic) bond motifs is 1. The average molecular weight is 350 g/mol. The van der Waals surface area contributed by atoms with E-state index >= 15 is 0 Å². The van der Waals surface area contributed by atoms with Gasteiger partial charge in [0.1, 0.15) is 5.82 Å². The first-order chi connectivity index (χ1) is 9.15. The zero-order valence-electron chi connectivity index (χ0n) is 11.1. The molecule has 114 valence electrons. The minimum Gasteiger partial charge on any atom is -0.365 e. The maximum absolute atomic E-state index is 13.3. The van der Waals surface area contributed by atoms with Gasteiger partial charge in [-0.25, -0.2) is 4.39 Å². The topological polar surface area (TPSA) is 29.3 Å². The second-order valence-electron chi connectivity index (χ2n) is 4.78. The molecule has 0 bridgehead atoms. The highest BCUT2D eigenvalue weighted by Gasteiger charge is 2.26. The Bertz CT molecular complexity index is 622. The minimum atomic E-state index is -0.242. The molecule has 2 nitrogen and oxygen atoms in total. The summed E-state index contributed by atoms with van der Waals surface area (Å²) in [6, 6.07) is 12.4. The summed E-state index contributed by atoms with van der Waals surface area (Å²) in [5, 5.41) is 0.742. The van der Waals surface area contributed by atoms with E-state index in [-0.39, 0.29) is 36.7 Å². The molecule has 1 aliphatic rings. The summed E-state index contributed by atoms with van der Waals surface area (Å²) in [7, 11) is 0. The Morgan fingerprint density at radius 1 is 1.19 bits per heavy atom. The van der Waals surface area contributed by atoms with E-state index in [1.807, 2.05) is 24.3 Å². The van der Waals surface area contributed by atoms with E-state index in [4.69, 9.17) is 17.3 Å². The van der Waals surface area contributed by atoms with Crippen LogP contribution in [0.25, 0.3) is 0 Å². The molecule has 0 aromatic heterocycles. The van der Waals surface area contributed by atoms with Gasteiger partial charge in [0.05, 0.1) is 0 Å². The Morgan fingerprint density at radius 3 is 2.62 bits per heavy atom. The normalized spacial score (nSPS) is 16.0. The molecule has 2 aromatic rings. The van der Waals surface area contributed by atoms with Gasteiger partial charge in [0.15, 0.2) is 0 Å². The third kappa shape index (κ3) is 3.61. The highest BCUT2D eigenvalue weighted by Crippen LogP contribution is 2.35. The summed E-state index contributed by atoms with van der Waals surface area (Å²) in [6.07, 6.45) is 0. The van der Waals surface area contributed by atoms with Gasteiger partial charge < -0.3 is 10.6 Å². The number of hydrogen-bond donors (Lipinski definition) is 1. The smallest absolute Gasteiger partial charge is 0.123 e. The molecule has 3 rings (SSSR count). The molecular formula is C15H16Cl3FN2. The van der Waals surface area contributed by atoms with E-state index in [0.29, 0.717) is 13.1 Å². The van der Waals surface area contributed by atoms with E-state index in [2.05, 4.69) is 4.90 Å². The molecule has 21 heavy (non-hydrogen) atoms. The summed E-state index contributed by atoms with van der Waals surface area (Å²) >= 11 is 6.17. The van der Waals surface area contributed by atoms with Crippen LogP contribution < -0.4 is 10.6 Å². The van der Waals surface area contributed by atoms with Crippen LogP contribution in [0.15, 0.2) is 42.5 Å². The van der Waals surface area contributed by atoms with Crippen LogP contribution in [0.3, 0.4) is 0 Å². The molecule has 0 amide bonds. The molecule has 6 heteroatoms. The number of hydrogen-bond acceptors (Lipinski definition) is 2. The third-order valence-corrected chi connectivity index (χ3v) is 3.83. The van der Waals surface area contributed by atoms with Crippen LogP contribution in [0.5, 0.6) is 0 Å². The van der Waals surface area contributed by atoms with Gasteiger partial charge in [0.25, 0.3) is 0 Å². The zero-order valence-corrected chi connectivity index (χ0v) is 13.5. The van der Waals surface area contributed by atoms with E-state index in [0.717, 1.165) is 21.8 Å². The third-order valence-electron chi connectivity index (χ3n) is 3.47. The minimum absolute atomic E-state index is 0. The van der Waals surface area contributed by atoms with E-state index in [1.54, 1.807) is 6.07 Å². The molecular weight excluding hydrogens is 334 g/mol. The molecule has 0 saturated carbocycles. The molecule has 1 unspecified atom stereocenters. The Morgan fingerprint density at radius 2 is 1.90 bits per heavy atom. The van der Waals surface area contributed by atoms with Crippen molar-refractivity contribution in [3.8, 4) is 0 Å². The Labute approximate surface area is 140 Å². The molecule has 0 spiro atoms. The average Bonchev–Trinajstić information content (AvgIpc) is 2.69. The largest absolute Gasteiger partial charge is 0.365 e. The zero-order chi connectivity index (χ0) is 13.4. The lowest BCUT2D eigenvalue weighted by Gasteiger charge is -2.20. The number of nitrogens with two attached hydrogens (primary N) is 1. The van der Waals surface area contributed by atoms with Crippen LogP contribution in [-0.2, 0) is 6.54 Å². The van der Waals surface area contributed by atoms with Crippen LogP contribution in [0.2, 0.25) is 5.02 Å². The molecule has 0 radical (unpaired) electrons. The Hall–Kier alpha value is -1.00. The van der Waals surface area contributed by atoms with Crippen molar-refractivity contribution in [2.75, 3.05) is 11.4 Å². The number of nitrogens with zero attached hydrogens (tertiary/aromatic N) is 1. The maximum atomic E-state index is 13.3. The summed E-state index contributed by atoms with van der Waals surface area (Å²) in [4.78, 5) is 2.14. The lowest BCUT2D eigenvalue weighted by Crippen LogP contribution is -2.24. The van der Waals surface area contributed by atoms with Crippen molar-refractivity contribution in [2.45, 2.75) is 12.6 Å². The van der Waals surface area contributed by atoms with Gasteiger partial charge in [0.2, 0.25) is 0 Å². The van der Waals surface area contributed by atoms with Crippen LogP contribution in [-0.4, -0.2) is 6.54 Å². The number of anilines is 1. The van der Waals surface area contributed by atoms with Crippen molar-refractivity contribution < 1.29 is 4.39 Å². The van der Waals surface area contributed by atoms with Gasteiger partial charge in [-0.05, 0) is 35.4 Å². The molecule has 1 heterocycles. The Balaban J connectivity index is 0.00000110. The fourth-order valence-corrected chi connectivity index (χ4v) is 2.72. The van der Waals surface area contributed by atoms with Gasteiger partial charge >= 0.3 is 0 Å². The highest BCUT2D eigenvalue weighted by atomic mass is 35.5. The Kier molecular flexibility index (Phi) is 6.29. The van der Waals surface area contributed by atoms with Crippen molar-refractivity contribution in [2.24, 2.45) is 5.73 Å². The highest BCUT2D eigenvalue weighted by molar-refractivity contribution is 6.31. The second-order valence-corrected chi connectivity index (χ2v) is 5.19. The van der Waals surface area contributed by atoms with Crippen LogP contribution in [0, 0.1) is 5.82 Å². The van der Waals surface area contributed by atoms with E-state index < -0.39 is 0 Å². The second kappa shape index (κ2) is 7.32. The molecule has 0 saturated heterocycles. The van der Waals surface area contributed by atoms with Gasteiger partial charge in [0, 0.05) is 29.8 Å². The van der Waals surface area contributed by atoms with E-state index in [9.17, 15) is 4.39 Å². The molecule has 1 aliphatic heterocycles.